The lowest BCUT2D eigenvalue weighted by Crippen LogP contribution is -2.36. The topological polar surface area (TPSA) is 68.5 Å². The summed E-state index contributed by atoms with van der Waals surface area (Å²) in [6.45, 7) is 2.33. The largest absolute Gasteiger partial charge is 0.378 e. The van der Waals surface area contributed by atoms with E-state index in [1.807, 2.05) is 4.90 Å². The summed E-state index contributed by atoms with van der Waals surface area (Å²) >= 11 is 0. The summed E-state index contributed by atoms with van der Waals surface area (Å²) in [6, 6.07) is 2.79. The number of nitrogens with two attached hydrogens (primary N) is 1. The van der Waals surface area contributed by atoms with Crippen molar-refractivity contribution in [1.29, 1.82) is 0 Å². The van der Waals surface area contributed by atoms with Gasteiger partial charge in [-0.2, -0.15) is 0 Å². The van der Waals surface area contributed by atoms with Crippen molar-refractivity contribution in [2.24, 2.45) is 5.73 Å². The maximum absolute atomic E-state index is 14.7. The molecule has 0 unspecified atom stereocenters. The fraction of sp³-hybridized carbons (Fsp3) is 0.375. The van der Waals surface area contributed by atoms with Gasteiger partial charge in [0.05, 0.1) is 37.2 Å². The predicted octanol–water partition coefficient (Wildman–Crippen LogP) is 1.42. The third-order valence-corrected chi connectivity index (χ3v) is 3.94. The van der Waals surface area contributed by atoms with Crippen LogP contribution in [0, 0.1) is 11.6 Å². The molecule has 0 bridgehead atoms. The van der Waals surface area contributed by atoms with E-state index in [0.29, 0.717) is 26.3 Å². The molecule has 0 radical (unpaired) electrons. The molecule has 2 aromatic rings. The Kier molecular flexibility index (Phi) is 4.49. The number of ether oxygens (including phenoxy) is 1. The van der Waals surface area contributed by atoms with E-state index in [1.54, 1.807) is 12.3 Å². The fourth-order valence-corrected chi connectivity index (χ4v) is 2.66. The summed E-state index contributed by atoms with van der Waals surface area (Å²) in [5.74, 6) is -1.94. The highest BCUT2D eigenvalue weighted by molar-refractivity contribution is 5.87. The van der Waals surface area contributed by atoms with Gasteiger partial charge in [0.25, 0.3) is 0 Å². The van der Waals surface area contributed by atoms with Gasteiger partial charge >= 0.3 is 0 Å². The van der Waals surface area contributed by atoms with E-state index >= 15 is 0 Å². The number of carbonyl (C=O) groups excluding carboxylic acids is 1. The molecule has 1 aromatic carbocycles. The number of nitrogens with zero attached hydrogens (tertiary/aromatic N) is 2. The Morgan fingerprint density at radius 1 is 1.30 bits per heavy atom. The van der Waals surface area contributed by atoms with Crippen LogP contribution in [-0.2, 0) is 16.0 Å². The Morgan fingerprint density at radius 3 is 2.74 bits per heavy atom. The molecule has 0 spiro atoms. The predicted molar refractivity (Wildman–Crippen MR) is 82.5 cm³/mol. The lowest BCUT2D eigenvalue weighted by Gasteiger charge is -2.28. The Morgan fingerprint density at radius 2 is 2.04 bits per heavy atom. The number of rotatable bonds is 4. The third kappa shape index (κ3) is 3.16. The number of morpholine rings is 1. The zero-order valence-corrected chi connectivity index (χ0v) is 12.5. The first-order valence-electron chi connectivity index (χ1n) is 7.41. The van der Waals surface area contributed by atoms with Crippen LogP contribution in [0.1, 0.15) is 5.56 Å². The minimum absolute atomic E-state index is 0.204. The second-order valence-electron chi connectivity index (χ2n) is 5.43. The van der Waals surface area contributed by atoms with Crippen LogP contribution in [0.5, 0.6) is 0 Å². The summed E-state index contributed by atoms with van der Waals surface area (Å²) in [5, 5.41) is 0.204. The van der Waals surface area contributed by atoms with Crippen LogP contribution in [0.3, 0.4) is 0 Å². The van der Waals surface area contributed by atoms with E-state index in [-0.39, 0.29) is 29.4 Å². The first-order valence-corrected chi connectivity index (χ1v) is 7.41. The molecule has 0 aliphatic carbocycles. The normalized spacial score (nSPS) is 15.2. The maximum Gasteiger partial charge on any atom is 0.150 e. The van der Waals surface area contributed by atoms with Crippen LogP contribution in [-0.4, -0.2) is 43.6 Å². The van der Waals surface area contributed by atoms with Gasteiger partial charge in [-0.3, -0.25) is 9.78 Å². The highest BCUT2D eigenvalue weighted by Crippen LogP contribution is 2.27. The summed E-state index contributed by atoms with van der Waals surface area (Å²) in [7, 11) is 0. The van der Waals surface area contributed by atoms with Gasteiger partial charge in [-0.15, -0.1) is 0 Å². The number of anilines is 1. The van der Waals surface area contributed by atoms with Crippen molar-refractivity contribution in [1.82, 2.24) is 4.98 Å². The van der Waals surface area contributed by atoms with Gasteiger partial charge in [0.2, 0.25) is 0 Å². The average molecular weight is 321 g/mol. The monoisotopic (exact) mass is 321 g/mol. The van der Waals surface area contributed by atoms with E-state index in [2.05, 4.69) is 4.98 Å². The van der Waals surface area contributed by atoms with Crippen molar-refractivity contribution in [3.63, 3.8) is 0 Å². The number of carbonyl (C=O) groups is 1. The number of pyridine rings is 1. The SMILES string of the molecule is NCC(=O)Cc1c(F)cc2ncc(N3CCOCC3)cc2c1F. The highest BCUT2D eigenvalue weighted by Gasteiger charge is 2.19. The lowest BCUT2D eigenvalue weighted by molar-refractivity contribution is -0.117. The van der Waals surface area contributed by atoms with E-state index in [0.717, 1.165) is 11.8 Å². The first kappa shape index (κ1) is 15.8. The van der Waals surface area contributed by atoms with Crippen LogP contribution in [0.4, 0.5) is 14.5 Å². The summed E-state index contributed by atoms with van der Waals surface area (Å²) in [6.07, 6.45) is 1.24. The average Bonchev–Trinajstić information content (AvgIpc) is 2.59. The lowest BCUT2D eigenvalue weighted by atomic mass is 10.0. The van der Waals surface area contributed by atoms with Crippen LogP contribution in [0.15, 0.2) is 18.3 Å². The van der Waals surface area contributed by atoms with Crippen LogP contribution in [0.25, 0.3) is 10.9 Å². The van der Waals surface area contributed by atoms with Crippen molar-refractivity contribution in [2.45, 2.75) is 6.42 Å². The quantitative estimate of drug-likeness (QED) is 0.922. The summed E-state index contributed by atoms with van der Waals surface area (Å²) in [5.41, 5.74) is 5.95. The van der Waals surface area contributed by atoms with E-state index < -0.39 is 17.4 Å². The molecule has 0 saturated carbocycles. The molecule has 1 aliphatic heterocycles. The Labute approximate surface area is 132 Å². The number of fused-ring (bicyclic) bond motifs is 1. The van der Waals surface area contributed by atoms with Gasteiger partial charge in [-0.05, 0) is 6.07 Å². The second kappa shape index (κ2) is 6.55. The van der Waals surface area contributed by atoms with Crippen molar-refractivity contribution in [2.75, 3.05) is 37.7 Å². The first-order chi connectivity index (χ1) is 11.1. The van der Waals surface area contributed by atoms with Gasteiger partial charge < -0.3 is 15.4 Å². The molecule has 122 valence electrons. The summed E-state index contributed by atoms with van der Waals surface area (Å²) in [4.78, 5) is 17.6. The minimum atomic E-state index is -0.775. The van der Waals surface area contributed by atoms with Crippen molar-refractivity contribution in [3.05, 3.63) is 35.5 Å². The standard InChI is InChI=1S/C16H17F2N3O2/c17-14-7-15-13(16(18)12(14)6-11(22)8-19)5-10(9-20-15)21-1-3-23-4-2-21/h5,7,9H,1-4,6,8,19H2. The number of ketones is 1. The van der Waals surface area contributed by atoms with Gasteiger partial charge in [0.15, 0.2) is 5.78 Å². The molecule has 3 rings (SSSR count). The summed E-state index contributed by atoms with van der Waals surface area (Å²) < 4.78 is 34.0. The van der Waals surface area contributed by atoms with Crippen molar-refractivity contribution < 1.29 is 18.3 Å². The third-order valence-electron chi connectivity index (χ3n) is 3.94. The zero-order chi connectivity index (χ0) is 16.4. The van der Waals surface area contributed by atoms with Crippen molar-refractivity contribution >= 4 is 22.4 Å². The fourth-order valence-electron chi connectivity index (χ4n) is 2.66. The molecular formula is C16H17F2N3O2. The Balaban J connectivity index is 2.04. The molecule has 7 heteroatoms. The van der Waals surface area contributed by atoms with Gasteiger partial charge in [-0.1, -0.05) is 0 Å². The number of hydrogen-bond donors (Lipinski definition) is 1. The molecule has 1 aliphatic rings. The molecule has 0 atom stereocenters. The van der Waals surface area contributed by atoms with E-state index in [1.165, 1.54) is 0 Å². The highest BCUT2D eigenvalue weighted by atomic mass is 19.1. The number of hydrogen-bond acceptors (Lipinski definition) is 5. The Hall–Kier alpha value is -2.12. The molecule has 5 nitrogen and oxygen atoms in total. The molecule has 23 heavy (non-hydrogen) atoms. The van der Waals surface area contributed by atoms with Crippen LogP contribution >= 0.6 is 0 Å². The number of Topliss-reactive ketones (excluding diaryl/α,β-unsaturated/α-hetero) is 1. The molecule has 2 heterocycles. The van der Waals surface area contributed by atoms with E-state index in [9.17, 15) is 13.6 Å². The van der Waals surface area contributed by atoms with Gasteiger partial charge in [0.1, 0.15) is 11.6 Å². The van der Waals surface area contributed by atoms with Crippen LogP contribution < -0.4 is 10.6 Å². The molecule has 0 amide bonds. The van der Waals surface area contributed by atoms with Crippen molar-refractivity contribution in [3.8, 4) is 0 Å². The van der Waals surface area contributed by atoms with E-state index in [4.69, 9.17) is 10.5 Å². The maximum atomic E-state index is 14.7. The minimum Gasteiger partial charge on any atom is -0.378 e. The molecule has 1 aromatic heterocycles. The Bertz CT molecular complexity index is 746. The van der Waals surface area contributed by atoms with Crippen LogP contribution in [0.2, 0.25) is 0 Å². The number of halogens is 2. The second-order valence-corrected chi connectivity index (χ2v) is 5.43. The van der Waals surface area contributed by atoms with Gasteiger partial charge in [-0.25, -0.2) is 8.78 Å². The number of aromatic nitrogens is 1. The molecule has 1 saturated heterocycles. The van der Waals surface area contributed by atoms with Gasteiger partial charge in [0, 0.05) is 36.5 Å². The number of benzene rings is 1. The smallest absolute Gasteiger partial charge is 0.150 e. The molecular weight excluding hydrogens is 304 g/mol. The molecule has 1 fully saturated rings. The molecule has 2 N–H and O–H groups in total. The zero-order valence-electron chi connectivity index (χ0n) is 12.5.